The van der Waals surface area contributed by atoms with E-state index in [2.05, 4.69) is 67.0 Å². The first-order chi connectivity index (χ1) is 8.81. The van der Waals surface area contributed by atoms with E-state index in [1.54, 1.807) is 0 Å². The summed E-state index contributed by atoms with van der Waals surface area (Å²) < 4.78 is 0. The third-order valence-electron chi connectivity index (χ3n) is 3.20. The predicted octanol–water partition coefficient (Wildman–Crippen LogP) is 4.94. The van der Waals surface area contributed by atoms with Gasteiger partial charge >= 0.3 is 0 Å². The van der Waals surface area contributed by atoms with Crippen LogP contribution in [-0.2, 0) is 0 Å². The Balaban J connectivity index is 2.07. The SMILES string of the molecule is CCCC(N[C@@H](C)c1cccs1)c1ccccc1. The topological polar surface area (TPSA) is 12.0 Å². The second-order valence-electron chi connectivity index (χ2n) is 4.66. The molecule has 0 aliphatic heterocycles. The summed E-state index contributed by atoms with van der Waals surface area (Å²) in [5, 5.41) is 5.89. The Morgan fingerprint density at radius 1 is 1.11 bits per heavy atom. The highest BCUT2D eigenvalue weighted by Crippen LogP contribution is 2.25. The molecule has 2 atom stereocenters. The molecule has 1 unspecified atom stereocenters. The van der Waals surface area contributed by atoms with Gasteiger partial charge in [0.15, 0.2) is 0 Å². The van der Waals surface area contributed by atoms with Crippen LogP contribution in [-0.4, -0.2) is 0 Å². The number of thiophene rings is 1. The van der Waals surface area contributed by atoms with Crippen LogP contribution in [0.25, 0.3) is 0 Å². The molecule has 0 radical (unpaired) electrons. The molecule has 1 nitrogen and oxygen atoms in total. The summed E-state index contributed by atoms with van der Waals surface area (Å²) in [4.78, 5) is 1.41. The lowest BCUT2D eigenvalue weighted by atomic mass is 10.0. The van der Waals surface area contributed by atoms with E-state index < -0.39 is 0 Å². The van der Waals surface area contributed by atoms with Gasteiger partial charge in [-0.25, -0.2) is 0 Å². The summed E-state index contributed by atoms with van der Waals surface area (Å²) >= 11 is 1.82. The molecule has 0 aliphatic rings. The highest BCUT2D eigenvalue weighted by molar-refractivity contribution is 7.10. The molecule has 2 rings (SSSR count). The molecule has 18 heavy (non-hydrogen) atoms. The Kier molecular flexibility index (Phi) is 4.97. The zero-order chi connectivity index (χ0) is 12.8. The maximum atomic E-state index is 3.75. The molecular formula is C16H21NS. The maximum Gasteiger partial charge on any atom is 0.0391 e. The minimum atomic E-state index is 0.418. The van der Waals surface area contributed by atoms with Crippen molar-refractivity contribution in [3.05, 3.63) is 58.3 Å². The van der Waals surface area contributed by atoms with Gasteiger partial charge in [-0.3, -0.25) is 0 Å². The second-order valence-corrected chi connectivity index (χ2v) is 5.63. The van der Waals surface area contributed by atoms with Gasteiger partial charge in [0.25, 0.3) is 0 Å². The highest BCUT2D eigenvalue weighted by Gasteiger charge is 2.14. The molecular weight excluding hydrogens is 238 g/mol. The Labute approximate surface area is 114 Å². The molecule has 2 aromatic rings. The number of nitrogens with one attached hydrogen (secondary N) is 1. The molecule has 1 N–H and O–H groups in total. The molecule has 0 fully saturated rings. The van der Waals surface area contributed by atoms with Crippen LogP contribution in [0.4, 0.5) is 0 Å². The Morgan fingerprint density at radius 3 is 2.50 bits per heavy atom. The van der Waals surface area contributed by atoms with Crippen molar-refractivity contribution in [1.29, 1.82) is 0 Å². The molecule has 1 aromatic carbocycles. The van der Waals surface area contributed by atoms with Crippen LogP contribution in [0.2, 0.25) is 0 Å². The molecule has 0 amide bonds. The first-order valence-electron chi connectivity index (χ1n) is 6.65. The van der Waals surface area contributed by atoms with Crippen molar-refractivity contribution >= 4 is 11.3 Å². The van der Waals surface area contributed by atoms with E-state index in [1.807, 2.05) is 11.3 Å². The summed E-state index contributed by atoms with van der Waals surface area (Å²) in [6.07, 6.45) is 2.38. The third kappa shape index (κ3) is 3.44. The van der Waals surface area contributed by atoms with Crippen molar-refractivity contribution in [3.63, 3.8) is 0 Å². The molecule has 0 bridgehead atoms. The number of benzene rings is 1. The van der Waals surface area contributed by atoms with Crippen LogP contribution in [0.3, 0.4) is 0 Å². The highest BCUT2D eigenvalue weighted by atomic mass is 32.1. The van der Waals surface area contributed by atoms with E-state index in [0.29, 0.717) is 12.1 Å². The first-order valence-corrected chi connectivity index (χ1v) is 7.53. The van der Waals surface area contributed by atoms with Crippen molar-refractivity contribution in [2.45, 2.75) is 38.8 Å². The zero-order valence-corrected chi connectivity index (χ0v) is 11.9. The van der Waals surface area contributed by atoms with Crippen molar-refractivity contribution in [2.75, 3.05) is 0 Å². The summed E-state index contributed by atoms with van der Waals surface area (Å²) in [5.41, 5.74) is 1.39. The Morgan fingerprint density at radius 2 is 1.89 bits per heavy atom. The van der Waals surface area contributed by atoms with Crippen LogP contribution >= 0.6 is 11.3 Å². The average molecular weight is 259 g/mol. The fourth-order valence-corrected chi connectivity index (χ4v) is 2.99. The lowest BCUT2D eigenvalue weighted by Gasteiger charge is -2.23. The van der Waals surface area contributed by atoms with Gasteiger partial charge in [-0.2, -0.15) is 0 Å². The molecule has 0 spiro atoms. The number of hydrogen-bond acceptors (Lipinski definition) is 2. The van der Waals surface area contributed by atoms with Crippen molar-refractivity contribution in [1.82, 2.24) is 5.32 Å². The largest absolute Gasteiger partial charge is 0.303 e. The van der Waals surface area contributed by atoms with Gasteiger partial charge in [0.2, 0.25) is 0 Å². The Bertz CT molecular complexity index is 435. The summed E-state index contributed by atoms with van der Waals surface area (Å²) in [5.74, 6) is 0. The fourth-order valence-electron chi connectivity index (χ4n) is 2.24. The lowest BCUT2D eigenvalue weighted by Crippen LogP contribution is -2.24. The monoisotopic (exact) mass is 259 g/mol. The molecule has 2 heteroatoms. The number of rotatable bonds is 6. The van der Waals surface area contributed by atoms with Gasteiger partial charge in [-0.15, -0.1) is 11.3 Å². The molecule has 1 heterocycles. The van der Waals surface area contributed by atoms with E-state index in [0.717, 1.165) is 0 Å². The third-order valence-corrected chi connectivity index (χ3v) is 4.26. The van der Waals surface area contributed by atoms with E-state index in [4.69, 9.17) is 0 Å². The number of hydrogen-bond donors (Lipinski definition) is 1. The zero-order valence-electron chi connectivity index (χ0n) is 11.1. The molecule has 0 aliphatic carbocycles. The maximum absolute atomic E-state index is 3.75. The normalized spacial score (nSPS) is 14.3. The van der Waals surface area contributed by atoms with Crippen LogP contribution in [0.15, 0.2) is 47.8 Å². The van der Waals surface area contributed by atoms with E-state index in [-0.39, 0.29) is 0 Å². The lowest BCUT2D eigenvalue weighted by molar-refractivity contribution is 0.443. The molecule has 1 aromatic heterocycles. The Hall–Kier alpha value is -1.12. The van der Waals surface area contributed by atoms with Crippen molar-refractivity contribution < 1.29 is 0 Å². The minimum absolute atomic E-state index is 0.418. The van der Waals surface area contributed by atoms with Crippen LogP contribution in [0.5, 0.6) is 0 Å². The minimum Gasteiger partial charge on any atom is -0.303 e. The van der Waals surface area contributed by atoms with Crippen LogP contribution in [0, 0.1) is 0 Å². The van der Waals surface area contributed by atoms with Gasteiger partial charge in [0, 0.05) is 17.0 Å². The van der Waals surface area contributed by atoms with E-state index in [1.165, 1.54) is 23.3 Å². The summed E-state index contributed by atoms with van der Waals surface area (Å²) in [6, 6.07) is 15.9. The quantitative estimate of drug-likeness (QED) is 0.774. The van der Waals surface area contributed by atoms with Crippen LogP contribution < -0.4 is 5.32 Å². The van der Waals surface area contributed by atoms with Gasteiger partial charge in [0.05, 0.1) is 0 Å². The van der Waals surface area contributed by atoms with E-state index in [9.17, 15) is 0 Å². The van der Waals surface area contributed by atoms with Gasteiger partial charge in [-0.05, 0) is 30.4 Å². The first kappa shape index (κ1) is 13.3. The van der Waals surface area contributed by atoms with Crippen molar-refractivity contribution in [3.8, 4) is 0 Å². The van der Waals surface area contributed by atoms with Gasteiger partial charge in [-0.1, -0.05) is 49.7 Å². The summed E-state index contributed by atoms with van der Waals surface area (Å²) in [6.45, 7) is 4.49. The van der Waals surface area contributed by atoms with Gasteiger partial charge < -0.3 is 5.32 Å². The predicted molar refractivity (Wildman–Crippen MR) is 80.0 cm³/mol. The van der Waals surface area contributed by atoms with E-state index >= 15 is 0 Å². The van der Waals surface area contributed by atoms with Gasteiger partial charge in [0.1, 0.15) is 0 Å². The fraction of sp³-hybridized carbons (Fsp3) is 0.375. The molecule has 0 saturated carbocycles. The average Bonchev–Trinajstić information content (AvgIpc) is 2.93. The van der Waals surface area contributed by atoms with Crippen LogP contribution in [0.1, 0.15) is 49.2 Å². The van der Waals surface area contributed by atoms with Crippen molar-refractivity contribution in [2.24, 2.45) is 0 Å². The smallest absolute Gasteiger partial charge is 0.0391 e. The molecule has 96 valence electrons. The standard InChI is InChI=1S/C16H21NS/c1-3-8-15(14-9-5-4-6-10-14)17-13(2)16-11-7-12-18-16/h4-7,9-13,15,17H,3,8H2,1-2H3/t13-,15?/m0/s1. The summed E-state index contributed by atoms with van der Waals surface area (Å²) in [7, 11) is 0. The molecule has 0 saturated heterocycles. The second kappa shape index (κ2) is 6.72.